The molecule has 1 fully saturated rings. The molecule has 0 bridgehead atoms. The van der Waals surface area contributed by atoms with Gasteiger partial charge in [-0.1, -0.05) is 6.07 Å². The molecule has 1 amide bonds. The molecule has 1 aromatic carbocycles. The number of nitrogens with one attached hydrogen (secondary N) is 1. The molecular weight excluding hydrogens is 372 g/mol. The van der Waals surface area contributed by atoms with Crippen LogP contribution in [0.3, 0.4) is 0 Å². The van der Waals surface area contributed by atoms with Gasteiger partial charge in [0.1, 0.15) is 11.6 Å². The number of hydrogen-bond donors (Lipinski definition) is 1. The summed E-state index contributed by atoms with van der Waals surface area (Å²) in [6.07, 6.45) is 2.40. The molecule has 1 aliphatic heterocycles. The van der Waals surface area contributed by atoms with Gasteiger partial charge in [-0.3, -0.25) is 4.79 Å². The summed E-state index contributed by atoms with van der Waals surface area (Å²) in [7, 11) is 1.99. The summed E-state index contributed by atoms with van der Waals surface area (Å²) in [4.78, 5) is 20.8. The van der Waals surface area contributed by atoms with Crippen LogP contribution in [0.5, 0.6) is 5.88 Å². The average molecular weight is 392 g/mol. The molecule has 1 saturated heterocycles. The topological polar surface area (TPSA) is 69.0 Å². The summed E-state index contributed by atoms with van der Waals surface area (Å²) in [6.45, 7) is 2.66. The van der Waals surface area contributed by atoms with Crippen molar-refractivity contribution in [1.29, 1.82) is 0 Å². The number of ether oxygens (including phenoxy) is 1. The molecule has 1 aliphatic rings. The largest absolute Gasteiger partial charge is 0.473 e. The molecule has 7 heteroatoms. The Labute approximate surface area is 166 Å². The molecule has 28 heavy (non-hydrogen) atoms. The van der Waals surface area contributed by atoms with Gasteiger partial charge in [0, 0.05) is 43.1 Å². The smallest absolute Gasteiger partial charge is 0.239 e. The third-order valence-corrected chi connectivity index (χ3v) is 6.23. The Bertz CT molecular complexity index is 1200. The van der Waals surface area contributed by atoms with Crippen molar-refractivity contribution in [2.75, 3.05) is 6.54 Å². The van der Waals surface area contributed by atoms with E-state index in [1.807, 2.05) is 30.2 Å². The van der Waals surface area contributed by atoms with E-state index in [1.54, 1.807) is 11.3 Å². The molecule has 2 atom stereocenters. The van der Waals surface area contributed by atoms with E-state index in [9.17, 15) is 4.79 Å². The minimum Gasteiger partial charge on any atom is -0.473 e. The minimum atomic E-state index is -0.110. The van der Waals surface area contributed by atoms with Gasteiger partial charge in [-0.05, 0) is 31.2 Å². The van der Waals surface area contributed by atoms with E-state index < -0.39 is 0 Å². The summed E-state index contributed by atoms with van der Waals surface area (Å²) < 4.78 is 9.48. The lowest BCUT2D eigenvalue weighted by molar-refractivity contribution is -0.119. The maximum Gasteiger partial charge on any atom is 0.239 e. The summed E-state index contributed by atoms with van der Waals surface area (Å²) in [5, 5.41) is 3.96. The van der Waals surface area contributed by atoms with E-state index in [0.717, 1.165) is 32.4 Å². The maximum atomic E-state index is 11.6. The Balaban J connectivity index is 1.57. The highest BCUT2D eigenvalue weighted by atomic mass is 32.1. The molecule has 0 unspecified atom stereocenters. The van der Waals surface area contributed by atoms with E-state index in [-0.39, 0.29) is 17.9 Å². The summed E-state index contributed by atoms with van der Waals surface area (Å²) >= 11 is 1.63. The molecule has 0 saturated carbocycles. The molecule has 1 N–H and O–H groups in total. The van der Waals surface area contributed by atoms with Crippen LogP contribution in [-0.4, -0.2) is 33.1 Å². The van der Waals surface area contributed by atoms with Crippen LogP contribution < -0.4 is 10.1 Å². The first-order chi connectivity index (χ1) is 13.6. The van der Waals surface area contributed by atoms with Gasteiger partial charge in [-0.2, -0.15) is 0 Å². The maximum absolute atomic E-state index is 11.6. The lowest BCUT2D eigenvalue weighted by atomic mass is 10.0. The molecule has 0 radical (unpaired) electrons. The van der Waals surface area contributed by atoms with Crippen LogP contribution in [0.2, 0.25) is 0 Å². The number of thiazole rings is 1. The number of fused-ring (bicyclic) bond motifs is 2. The minimum absolute atomic E-state index is 0.0859. The van der Waals surface area contributed by atoms with Gasteiger partial charge >= 0.3 is 0 Å². The Kier molecular flexibility index (Phi) is 4.05. The summed E-state index contributed by atoms with van der Waals surface area (Å²) in [5.41, 5.74) is 5.66. The van der Waals surface area contributed by atoms with Gasteiger partial charge in [0.25, 0.3) is 0 Å². The molecule has 0 aliphatic carbocycles. The van der Waals surface area contributed by atoms with E-state index in [2.05, 4.69) is 40.6 Å². The van der Waals surface area contributed by atoms with Gasteiger partial charge in [-0.15, -0.1) is 11.3 Å². The van der Waals surface area contributed by atoms with Crippen molar-refractivity contribution in [3.8, 4) is 17.1 Å². The second-order valence-electron chi connectivity index (χ2n) is 7.30. The van der Waals surface area contributed by atoms with Gasteiger partial charge in [0.2, 0.25) is 11.8 Å². The van der Waals surface area contributed by atoms with Crippen molar-refractivity contribution >= 4 is 38.4 Å². The van der Waals surface area contributed by atoms with Crippen molar-refractivity contribution in [2.45, 2.75) is 19.4 Å². The molecule has 6 nitrogen and oxygen atoms in total. The summed E-state index contributed by atoms with van der Waals surface area (Å²) in [6, 6.07) is 10.4. The van der Waals surface area contributed by atoms with E-state index in [1.165, 1.54) is 0 Å². The SMILES string of the molecule is C[C@@H](Oc1nc(-c2ccc3scnc3c2)cc2ccn(C)c12)[C@H]1CNC(=O)C1. The van der Waals surface area contributed by atoms with Gasteiger partial charge < -0.3 is 14.6 Å². The number of aromatic nitrogens is 3. The first-order valence-corrected chi connectivity index (χ1v) is 10.2. The Hall–Kier alpha value is -2.93. The summed E-state index contributed by atoms with van der Waals surface area (Å²) in [5.74, 6) is 0.840. The number of benzene rings is 1. The monoisotopic (exact) mass is 392 g/mol. The van der Waals surface area contributed by atoms with Gasteiger partial charge in [0.05, 0.1) is 21.4 Å². The zero-order chi connectivity index (χ0) is 19.3. The standard InChI is InChI=1S/C21H20N4O2S/c1-12(15-9-19(26)22-10-15)27-21-20-14(5-6-25(20)2)8-16(24-21)13-3-4-18-17(7-13)23-11-28-18/h3-8,11-12,15H,9-10H2,1-2H3,(H,22,26)/t12-,15-/m1/s1. The lowest BCUT2D eigenvalue weighted by Gasteiger charge is -2.20. The Morgan fingerprint density at radius 2 is 2.21 bits per heavy atom. The van der Waals surface area contributed by atoms with E-state index >= 15 is 0 Å². The number of nitrogens with zero attached hydrogens (tertiary/aromatic N) is 3. The number of rotatable bonds is 4. The molecule has 4 aromatic rings. The van der Waals surface area contributed by atoms with Crippen LogP contribution in [0, 0.1) is 5.92 Å². The number of pyridine rings is 1. The Morgan fingerprint density at radius 3 is 3.04 bits per heavy atom. The van der Waals surface area contributed by atoms with Crippen molar-refractivity contribution in [3.63, 3.8) is 0 Å². The van der Waals surface area contributed by atoms with Gasteiger partial charge in [-0.25, -0.2) is 9.97 Å². The predicted octanol–water partition coefficient (Wildman–Crippen LogP) is 3.75. The average Bonchev–Trinajstić information content (AvgIpc) is 3.41. The van der Waals surface area contributed by atoms with Crippen LogP contribution in [0.25, 0.3) is 32.4 Å². The van der Waals surface area contributed by atoms with Crippen molar-refractivity contribution in [3.05, 3.63) is 42.0 Å². The predicted molar refractivity (Wildman–Crippen MR) is 111 cm³/mol. The van der Waals surface area contributed by atoms with Crippen LogP contribution >= 0.6 is 11.3 Å². The lowest BCUT2D eigenvalue weighted by Crippen LogP contribution is -2.26. The highest BCUT2D eigenvalue weighted by Gasteiger charge is 2.29. The number of carbonyl (C=O) groups excluding carboxylic acids is 1. The zero-order valence-corrected chi connectivity index (χ0v) is 16.5. The second kappa shape index (κ2) is 6.60. The van der Waals surface area contributed by atoms with Crippen molar-refractivity contribution < 1.29 is 9.53 Å². The zero-order valence-electron chi connectivity index (χ0n) is 15.7. The fourth-order valence-corrected chi connectivity index (χ4v) is 4.42. The van der Waals surface area contributed by atoms with Crippen LogP contribution in [0.1, 0.15) is 13.3 Å². The fourth-order valence-electron chi connectivity index (χ4n) is 3.76. The van der Waals surface area contributed by atoms with Crippen molar-refractivity contribution in [1.82, 2.24) is 19.9 Å². The van der Waals surface area contributed by atoms with E-state index in [0.29, 0.717) is 18.8 Å². The second-order valence-corrected chi connectivity index (χ2v) is 8.19. The molecular formula is C21H20N4O2S. The highest BCUT2D eigenvalue weighted by Crippen LogP contribution is 2.33. The first kappa shape index (κ1) is 17.2. The fraction of sp³-hybridized carbons (Fsp3) is 0.286. The number of hydrogen-bond acceptors (Lipinski definition) is 5. The quantitative estimate of drug-likeness (QED) is 0.574. The van der Waals surface area contributed by atoms with Crippen molar-refractivity contribution in [2.24, 2.45) is 13.0 Å². The number of aryl methyl sites for hydroxylation is 1. The number of carbonyl (C=O) groups is 1. The highest BCUT2D eigenvalue weighted by molar-refractivity contribution is 7.16. The van der Waals surface area contributed by atoms with Crippen LogP contribution in [-0.2, 0) is 11.8 Å². The van der Waals surface area contributed by atoms with Gasteiger partial charge in [0.15, 0.2) is 0 Å². The molecule has 142 valence electrons. The molecule has 3 aromatic heterocycles. The molecule has 4 heterocycles. The van der Waals surface area contributed by atoms with E-state index in [4.69, 9.17) is 9.72 Å². The normalized spacial score (nSPS) is 17.9. The third kappa shape index (κ3) is 2.92. The molecule has 5 rings (SSSR count). The third-order valence-electron chi connectivity index (χ3n) is 5.42. The molecule has 0 spiro atoms. The van der Waals surface area contributed by atoms with Crippen LogP contribution in [0.15, 0.2) is 42.0 Å². The first-order valence-electron chi connectivity index (χ1n) is 9.31. The number of amides is 1. The Morgan fingerprint density at radius 1 is 1.32 bits per heavy atom. The van der Waals surface area contributed by atoms with Crippen LogP contribution in [0.4, 0.5) is 0 Å².